The van der Waals surface area contributed by atoms with E-state index in [2.05, 4.69) is 22.0 Å². The van der Waals surface area contributed by atoms with Crippen molar-refractivity contribution >= 4 is 11.5 Å². The molecule has 4 nitrogen and oxygen atoms in total. The van der Waals surface area contributed by atoms with Gasteiger partial charge < -0.3 is 4.74 Å². The van der Waals surface area contributed by atoms with Gasteiger partial charge in [0.1, 0.15) is 0 Å². The molecule has 0 unspecified atom stereocenters. The molecule has 1 aliphatic rings. The molecule has 0 N–H and O–H groups in total. The maximum absolute atomic E-state index is 12.5. The number of rotatable bonds is 5. The summed E-state index contributed by atoms with van der Waals surface area (Å²) in [5.74, 6) is -0.214. The van der Waals surface area contributed by atoms with Crippen LogP contribution >= 0.6 is 0 Å². The largest absolute Gasteiger partial charge is 0.463 e. The number of carbonyl (C=O) groups excluding carboxylic acids is 1. The molecule has 1 aromatic heterocycles. The van der Waals surface area contributed by atoms with Gasteiger partial charge in [-0.15, -0.1) is 0 Å². The fourth-order valence-electron chi connectivity index (χ4n) is 3.06. The molecule has 0 saturated carbocycles. The average Bonchev–Trinajstić information content (AvgIpc) is 2.63. The van der Waals surface area contributed by atoms with Gasteiger partial charge in [0.25, 0.3) is 0 Å². The predicted molar refractivity (Wildman–Crippen MR) is 94.1 cm³/mol. The van der Waals surface area contributed by atoms with Crippen molar-refractivity contribution in [3.63, 3.8) is 0 Å². The molecule has 0 radical (unpaired) electrons. The van der Waals surface area contributed by atoms with Gasteiger partial charge >= 0.3 is 5.97 Å². The summed E-state index contributed by atoms with van der Waals surface area (Å²) >= 11 is 0. The second kappa shape index (κ2) is 7.88. The number of aromatic nitrogens is 1. The van der Waals surface area contributed by atoms with Gasteiger partial charge in [0.15, 0.2) is 0 Å². The van der Waals surface area contributed by atoms with E-state index < -0.39 is 0 Å². The van der Waals surface area contributed by atoms with Crippen LogP contribution in [0.15, 0.2) is 60.4 Å². The first-order valence-electron chi connectivity index (χ1n) is 8.33. The first-order chi connectivity index (χ1) is 11.8. The van der Waals surface area contributed by atoms with Gasteiger partial charge in [0.2, 0.25) is 0 Å². The highest BCUT2D eigenvalue weighted by molar-refractivity contribution is 5.98. The molecular weight excluding hydrogens is 300 g/mol. The predicted octanol–water partition coefficient (Wildman–Crippen LogP) is 3.30. The SMILES string of the molecule is CCOC(=O)C1=C(c2cccnc2)CCN(Cc2ccccc2)C1. The molecule has 124 valence electrons. The van der Waals surface area contributed by atoms with Crippen LogP contribution in [0.1, 0.15) is 24.5 Å². The number of pyridine rings is 1. The number of ether oxygens (including phenoxy) is 1. The minimum Gasteiger partial charge on any atom is -0.463 e. The summed E-state index contributed by atoms with van der Waals surface area (Å²) in [5.41, 5.74) is 4.09. The first-order valence-corrected chi connectivity index (χ1v) is 8.33. The highest BCUT2D eigenvalue weighted by Crippen LogP contribution is 2.28. The number of hydrogen-bond donors (Lipinski definition) is 0. The Balaban J connectivity index is 1.84. The van der Waals surface area contributed by atoms with Gasteiger partial charge in [-0.05, 0) is 36.1 Å². The molecule has 4 heteroatoms. The van der Waals surface area contributed by atoms with Crippen LogP contribution in [0.3, 0.4) is 0 Å². The molecule has 0 fully saturated rings. The monoisotopic (exact) mass is 322 g/mol. The van der Waals surface area contributed by atoms with Gasteiger partial charge in [0, 0.05) is 32.0 Å². The minimum atomic E-state index is -0.214. The van der Waals surface area contributed by atoms with Crippen LogP contribution in [0.4, 0.5) is 0 Å². The molecular formula is C20H22N2O2. The molecule has 0 bridgehead atoms. The molecule has 0 saturated heterocycles. The number of nitrogens with zero attached hydrogens (tertiary/aromatic N) is 2. The third-order valence-electron chi connectivity index (χ3n) is 4.20. The molecule has 0 aliphatic carbocycles. The van der Waals surface area contributed by atoms with E-state index >= 15 is 0 Å². The molecule has 0 atom stereocenters. The quantitative estimate of drug-likeness (QED) is 0.792. The zero-order chi connectivity index (χ0) is 16.8. The van der Waals surface area contributed by atoms with E-state index in [-0.39, 0.29) is 5.97 Å². The lowest BCUT2D eigenvalue weighted by Crippen LogP contribution is -2.34. The fraction of sp³-hybridized carbons (Fsp3) is 0.300. The Bertz CT molecular complexity index is 711. The molecule has 3 rings (SSSR count). The maximum atomic E-state index is 12.5. The summed E-state index contributed by atoms with van der Waals surface area (Å²) in [4.78, 5) is 18.9. The van der Waals surface area contributed by atoms with Crippen molar-refractivity contribution in [1.29, 1.82) is 0 Å². The molecule has 2 heterocycles. The highest BCUT2D eigenvalue weighted by Gasteiger charge is 2.25. The Kier molecular flexibility index (Phi) is 5.39. The summed E-state index contributed by atoms with van der Waals surface area (Å²) in [6.45, 7) is 4.60. The van der Waals surface area contributed by atoms with Crippen molar-refractivity contribution in [1.82, 2.24) is 9.88 Å². The van der Waals surface area contributed by atoms with E-state index in [0.29, 0.717) is 13.2 Å². The van der Waals surface area contributed by atoms with Gasteiger partial charge in [-0.2, -0.15) is 0 Å². The van der Waals surface area contributed by atoms with Crippen LogP contribution in [-0.2, 0) is 16.1 Å². The summed E-state index contributed by atoms with van der Waals surface area (Å²) in [5, 5.41) is 0. The van der Waals surface area contributed by atoms with Crippen LogP contribution in [0.25, 0.3) is 5.57 Å². The molecule has 1 aromatic carbocycles. The maximum Gasteiger partial charge on any atom is 0.335 e. The van der Waals surface area contributed by atoms with Crippen molar-refractivity contribution in [2.24, 2.45) is 0 Å². The summed E-state index contributed by atoms with van der Waals surface area (Å²) in [6.07, 6.45) is 4.40. The number of hydrogen-bond acceptors (Lipinski definition) is 4. The molecule has 0 amide bonds. The lowest BCUT2D eigenvalue weighted by Gasteiger charge is -2.30. The van der Waals surface area contributed by atoms with Crippen molar-refractivity contribution in [2.75, 3.05) is 19.7 Å². The first kappa shape index (κ1) is 16.4. The van der Waals surface area contributed by atoms with Crippen LogP contribution in [0.2, 0.25) is 0 Å². The zero-order valence-corrected chi connectivity index (χ0v) is 13.9. The van der Waals surface area contributed by atoms with E-state index in [1.807, 2.05) is 43.5 Å². The average molecular weight is 322 g/mol. The van der Waals surface area contributed by atoms with Crippen molar-refractivity contribution in [3.8, 4) is 0 Å². The smallest absolute Gasteiger partial charge is 0.335 e. The Labute approximate surface area is 142 Å². The van der Waals surface area contributed by atoms with Crippen LogP contribution in [-0.4, -0.2) is 35.5 Å². The number of benzene rings is 1. The molecule has 2 aromatic rings. The Morgan fingerprint density at radius 1 is 1.21 bits per heavy atom. The Morgan fingerprint density at radius 3 is 2.75 bits per heavy atom. The van der Waals surface area contributed by atoms with E-state index in [4.69, 9.17) is 4.74 Å². The van der Waals surface area contributed by atoms with E-state index in [0.717, 1.165) is 36.2 Å². The van der Waals surface area contributed by atoms with E-state index in [1.165, 1.54) is 5.56 Å². The van der Waals surface area contributed by atoms with Crippen molar-refractivity contribution in [3.05, 3.63) is 71.6 Å². The summed E-state index contributed by atoms with van der Waals surface area (Å²) in [6, 6.07) is 14.2. The lowest BCUT2D eigenvalue weighted by molar-refractivity contribution is -0.138. The van der Waals surface area contributed by atoms with Gasteiger partial charge in [-0.25, -0.2) is 4.79 Å². The van der Waals surface area contributed by atoms with Crippen LogP contribution in [0.5, 0.6) is 0 Å². The zero-order valence-electron chi connectivity index (χ0n) is 13.9. The van der Waals surface area contributed by atoms with Crippen LogP contribution in [0, 0.1) is 0 Å². The van der Waals surface area contributed by atoms with E-state index in [9.17, 15) is 4.79 Å². The molecule has 1 aliphatic heterocycles. The summed E-state index contributed by atoms with van der Waals surface area (Å²) < 4.78 is 5.29. The topological polar surface area (TPSA) is 42.4 Å². The van der Waals surface area contributed by atoms with Crippen LogP contribution < -0.4 is 0 Å². The van der Waals surface area contributed by atoms with Gasteiger partial charge in [-0.3, -0.25) is 9.88 Å². The second-order valence-corrected chi connectivity index (χ2v) is 5.87. The van der Waals surface area contributed by atoms with E-state index in [1.54, 1.807) is 6.20 Å². The fourth-order valence-corrected chi connectivity index (χ4v) is 3.06. The standard InChI is InChI=1S/C20H22N2O2/c1-2-24-20(23)19-15-22(14-16-7-4-3-5-8-16)12-10-18(19)17-9-6-11-21-13-17/h3-9,11,13H,2,10,12,14-15H2,1H3. The highest BCUT2D eigenvalue weighted by atomic mass is 16.5. The number of esters is 1. The normalized spacial score (nSPS) is 15.4. The lowest BCUT2D eigenvalue weighted by atomic mass is 9.94. The minimum absolute atomic E-state index is 0.214. The van der Waals surface area contributed by atoms with Gasteiger partial charge in [-0.1, -0.05) is 36.4 Å². The third kappa shape index (κ3) is 3.89. The Hall–Kier alpha value is -2.46. The number of carbonyl (C=O) groups is 1. The van der Waals surface area contributed by atoms with Crippen molar-refractivity contribution in [2.45, 2.75) is 19.9 Å². The van der Waals surface area contributed by atoms with Crippen molar-refractivity contribution < 1.29 is 9.53 Å². The third-order valence-corrected chi connectivity index (χ3v) is 4.20. The molecule has 24 heavy (non-hydrogen) atoms. The summed E-state index contributed by atoms with van der Waals surface area (Å²) in [7, 11) is 0. The van der Waals surface area contributed by atoms with Gasteiger partial charge in [0.05, 0.1) is 12.2 Å². The molecule has 0 spiro atoms. The Morgan fingerprint density at radius 2 is 2.04 bits per heavy atom. The second-order valence-electron chi connectivity index (χ2n) is 5.87.